The van der Waals surface area contributed by atoms with E-state index in [4.69, 9.17) is 9.88 Å². The summed E-state index contributed by atoms with van der Waals surface area (Å²) in [7, 11) is -2.12. The molecule has 8 heteroatoms. The van der Waals surface area contributed by atoms with Crippen molar-refractivity contribution in [3.05, 3.63) is 21.8 Å². The molecule has 1 aromatic rings. The van der Waals surface area contributed by atoms with Gasteiger partial charge in [0.2, 0.25) is 15.9 Å². The zero-order valence-corrected chi connectivity index (χ0v) is 13.1. The average molecular weight is 396 g/mol. The first-order valence-corrected chi connectivity index (χ1v) is 8.17. The van der Waals surface area contributed by atoms with E-state index in [2.05, 4.69) is 22.6 Å². The van der Waals surface area contributed by atoms with Crippen LogP contribution in [0.5, 0.6) is 5.75 Å². The molecular formula is C11H13IN2O4S. The fourth-order valence-electron chi connectivity index (χ4n) is 1.97. The van der Waals surface area contributed by atoms with Crippen LogP contribution < -0.4 is 14.8 Å². The second-order valence-electron chi connectivity index (χ2n) is 4.24. The summed E-state index contributed by atoms with van der Waals surface area (Å²) in [5.41, 5.74) is 0.654. The van der Waals surface area contributed by atoms with Gasteiger partial charge in [-0.25, -0.2) is 13.6 Å². The molecular weight excluding hydrogens is 383 g/mol. The van der Waals surface area contributed by atoms with Crippen LogP contribution in [-0.2, 0) is 14.8 Å². The molecule has 2 rings (SSSR count). The number of carbonyl (C=O) groups excluding carboxylic acids is 1. The van der Waals surface area contributed by atoms with Gasteiger partial charge in [0.05, 0.1) is 10.7 Å². The lowest BCUT2D eigenvalue weighted by Crippen LogP contribution is -2.32. The number of ether oxygens (including phenoxy) is 1. The highest BCUT2D eigenvalue weighted by atomic mass is 127. The number of primary sulfonamides is 1. The smallest absolute Gasteiger partial charge is 0.228 e. The monoisotopic (exact) mass is 396 g/mol. The summed E-state index contributed by atoms with van der Waals surface area (Å²) in [5, 5.41) is 4.26. The normalized spacial score (nSPS) is 19.8. The van der Waals surface area contributed by atoms with Gasteiger partial charge >= 0.3 is 0 Å². The number of methoxy groups -OCH3 is 1. The van der Waals surface area contributed by atoms with Crippen LogP contribution in [0.15, 0.2) is 18.2 Å². The van der Waals surface area contributed by atoms with Crippen molar-refractivity contribution in [2.45, 2.75) is 11.7 Å². The van der Waals surface area contributed by atoms with Gasteiger partial charge in [0, 0.05) is 18.7 Å². The van der Waals surface area contributed by atoms with Gasteiger partial charge in [-0.3, -0.25) is 4.79 Å². The highest BCUT2D eigenvalue weighted by molar-refractivity contribution is 14.1. The first-order valence-electron chi connectivity index (χ1n) is 5.48. The van der Waals surface area contributed by atoms with Crippen LogP contribution in [0, 0.1) is 3.57 Å². The van der Waals surface area contributed by atoms with E-state index in [0.717, 1.165) is 3.57 Å². The third kappa shape index (κ3) is 3.00. The van der Waals surface area contributed by atoms with E-state index in [1.165, 1.54) is 4.90 Å². The van der Waals surface area contributed by atoms with Gasteiger partial charge in [-0.2, -0.15) is 0 Å². The molecule has 0 radical (unpaired) electrons. The van der Waals surface area contributed by atoms with Crippen LogP contribution >= 0.6 is 22.6 Å². The number of rotatable bonds is 3. The van der Waals surface area contributed by atoms with Gasteiger partial charge in [-0.15, -0.1) is 0 Å². The van der Waals surface area contributed by atoms with Gasteiger partial charge < -0.3 is 9.64 Å². The summed E-state index contributed by atoms with van der Waals surface area (Å²) in [4.78, 5) is 13.3. The molecule has 19 heavy (non-hydrogen) atoms. The molecule has 104 valence electrons. The van der Waals surface area contributed by atoms with Crippen molar-refractivity contribution in [2.24, 2.45) is 5.14 Å². The number of nitrogens with zero attached hydrogens (tertiary/aromatic N) is 1. The van der Waals surface area contributed by atoms with Gasteiger partial charge in [-0.05, 0) is 40.8 Å². The number of amides is 1. The fourth-order valence-corrected chi connectivity index (χ4v) is 3.42. The van der Waals surface area contributed by atoms with Crippen molar-refractivity contribution >= 4 is 44.2 Å². The van der Waals surface area contributed by atoms with Crippen LogP contribution in [0.4, 0.5) is 5.69 Å². The minimum absolute atomic E-state index is 0.0680. The largest absolute Gasteiger partial charge is 0.496 e. The number of halogens is 1. The van der Waals surface area contributed by atoms with Gasteiger partial charge in [-0.1, -0.05) is 0 Å². The summed E-state index contributed by atoms with van der Waals surface area (Å²) in [5.74, 6) is 0.471. The Kier molecular flexibility index (Phi) is 4.02. The molecule has 1 atom stereocenters. The topological polar surface area (TPSA) is 89.7 Å². The Hall–Kier alpha value is -0.870. The molecule has 1 aliphatic rings. The minimum atomic E-state index is -3.69. The molecule has 0 bridgehead atoms. The molecule has 0 saturated carbocycles. The van der Waals surface area contributed by atoms with E-state index < -0.39 is 15.3 Å². The highest BCUT2D eigenvalue weighted by Crippen LogP contribution is 2.29. The van der Waals surface area contributed by atoms with Crippen LogP contribution in [0.25, 0.3) is 0 Å². The Morgan fingerprint density at radius 3 is 2.63 bits per heavy atom. The van der Waals surface area contributed by atoms with E-state index in [1.807, 2.05) is 0 Å². The predicted octanol–water partition coefficient (Wildman–Crippen LogP) is 0.694. The molecule has 1 unspecified atom stereocenters. The van der Waals surface area contributed by atoms with E-state index in [9.17, 15) is 13.2 Å². The maximum atomic E-state index is 11.9. The number of anilines is 1. The minimum Gasteiger partial charge on any atom is -0.496 e. The number of hydrogen-bond donors (Lipinski definition) is 1. The molecule has 1 fully saturated rings. The summed E-state index contributed by atoms with van der Waals surface area (Å²) in [6.07, 6.45) is -0.0680. The quantitative estimate of drug-likeness (QED) is 0.762. The van der Waals surface area contributed by atoms with Gasteiger partial charge in [0.25, 0.3) is 0 Å². The molecule has 1 saturated heterocycles. The van der Waals surface area contributed by atoms with Gasteiger partial charge in [0.1, 0.15) is 11.0 Å². The Morgan fingerprint density at radius 1 is 1.47 bits per heavy atom. The highest BCUT2D eigenvalue weighted by Gasteiger charge is 2.37. The van der Waals surface area contributed by atoms with Crippen LogP contribution in [0.1, 0.15) is 6.42 Å². The number of hydrogen-bond acceptors (Lipinski definition) is 4. The molecule has 0 spiro atoms. The van der Waals surface area contributed by atoms with E-state index >= 15 is 0 Å². The molecule has 1 aromatic carbocycles. The summed E-state index contributed by atoms with van der Waals surface area (Å²) in [6.45, 7) is 0.0973. The van der Waals surface area contributed by atoms with Crippen molar-refractivity contribution < 1.29 is 17.9 Å². The lowest BCUT2D eigenvalue weighted by atomic mass is 10.3. The van der Waals surface area contributed by atoms with Crippen LogP contribution in [-0.4, -0.2) is 33.2 Å². The third-order valence-electron chi connectivity index (χ3n) is 3.00. The second-order valence-corrected chi connectivity index (χ2v) is 7.25. The van der Waals surface area contributed by atoms with Crippen molar-refractivity contribution in [3.8, 4) is 5.75 Å². The molecule has 1 aliphatic heterocycles. The van der Waals surface area contributed by atoms with E-state index in [1.54, 1.807) is 25.3 Å². The van der Waals surface area contributed by atoms with Crippen molar-refractivity contribution in [3.63, 3.8) is 0 Å². The predicted molar refractivity (Wildman–Crippen MR) is 79.6 cm³/mol. The van der Waals surface area contributed by atoms with Crippen molar-refractivity contribution in [1.82, 2.24) is 0 Å². The summed E-state index contributed by atoms with van der Waals surface area (Å²) >= 11 is 2.10. The Labute approximate surface area is 125 Å². The molecule has 6 nitrogen and oxygen atoms in total. The average Bonchev–Trinajstić information content (AvgIpc) is 2.71. The SMILES string of the molecule is COc1ccc(N2CC(S(N)(=O)=O)CC2=O)cc1I. The Balaban J connectivity index is 2.28. The maximum Gasteiger partial charge on any atom is 0.228 e. The standard InChI is InChI=1S/C11H13IN2O4S/c1-18-10-3-2-7(4-9(10)12)14-6-8(5-11(14)15)19(13,16)17/h2-4,8H,5-6H2,1H3,(H2,13,16,17). The number of nitrogens with two attached hydrogens (primary N) is 1. The Morgan fingerprint density at radius 2 is 2.16 bits per heavy atom. The zero-order valence-electron chi connectivity index (χ0n) is 10.2. The van der Waals surface area contributed by atoms with E-state index in [0.29, 0.717) is 11.4 Å². The first kappa shape index (κ1) is 14.5. The molecule has 0 aromatic heterocycles. The second kappa shape index (κ2) is 5.25. The first-order chi connectivity index (χ1) is 8.82. The molecule has 1 amide bonds. The molecule has 2 N–H and O–H groups in total. The van der Waals surface area contributed by atoms with Crippen LogP contribution in [0.2, 0.25) is 0 Å². The fraction of sp³-hybridized carbons (Fsp3) is 0.364. The molecule has 0 aliphatic carbocycles. The molecule has 1 heterocycles. The number of sulfonamides is 1. The summed E-state index contributed by atoms with van der Waals surface area (Å²) < 4.78 is 28.6. The summed E-state index contributed by atoms with van der Waals surface area (Å²) in [6, 6.07) is 5.25. The lowest BCUT2D eigenvalue weighted by Gasteiger charge is -2.17. The maximum absolute atomic E-state index is 11.9. The van der Waals surface area contributed by atoms with Crippen molar-refractivity contribution in [1.29, 1.82) is 0 Å². The van der Waals surface area contributed by atoms with Gasteiger partial charge in [0.15, 0.2) is 0 Å². The lowest BCUT2D eigenvalue weighted by molar-refractivity contribution is -0.117. The number of benzene rings is 1. The van der Waals surface area contributed by atoms with E-state index in [-0.39, 0.29) is 18.9 Å². The van der Waals surface area contributed by atoms with Crippen LogP contribution in [0.3, 0.4) is 0 Å². The third-order valence-corrected chi connectivity index (χ3v) is 5.09. The zero-order chi connectivity index (χ0) is 14.2. The Bertz CT molecular complexity index is 617. The van der Waals surface area contributed by atoms with Crippen molar-refractivity contribution in [2.75, 3.05) is 18.6 Å². The number of carbonyl (C=O) groups is 1.